The average Bonchev–Trinajstić information content (AvgIpc) is 2.78. The Kier molecular flexibility index (Phi) is 4.93. The molecule has 1 amide bonds. The molecule has 2 aromatic rings. The first-order valence-corrected chi connectivity index (χ1v) is 9.98. The van der Waals surface area contributed by atoms with Gasteiger partial charge in [-0.05, 0) is 63.8 Å². The minimum atomic E-state index is -0.193. The standard InChI is InChI=1S/C21H28N6O/c1-12(2)27-7-5-15(6-8-27)23-21-22-11-16-19(26-21)24-17-9-13(3)14(4)10-18(17)25-20(16)28/h9-12,15H,5-8H2,1-4H3,(H,25,28)(H2,22,23,24,26). The molecule has 2 aliphatic heterocycles. The number of carbonyl (C=O) groups is 1. The van der Waals surface area contributed by atoms with Crippen LogP contribution in [0.15, 0.2) is 18.3 Å². The molecule has 0 spiro atoms. The Morgan fingerprint density at radius 1 is 1.11 bits per heavy atom. The molecule has 1 saturated heterocycles. The molecule has 0 saturated carbocycles. The molecule has 3 N–H and O–H groups in total. The van der Waals surface area contributed by atoms with Gasteiger partial charge in [-0.3, -0.25) is 4.79 Å². The first-order valence-electron chi connectivity index (χ1n) is 9.98. The third kappa shape index (κ3) is 3.67. The first kappa shape index (κ1) is 18.7. The third-order valence-electron chi connectivity index (χ3n) is 5.76. The van der Waals surface area contributed by atoms with E-state index in [-0.39, 0.29) is 5.91 Å². The van der Waals surface area contributed by atoms with Gasteiger partial charge in [-0.1, -0.05) is 0 Å². The molecule has 3 heterocycles. The number of anilines is 4. The summed E-state index contributed by atoms with van der Waals surface area (Å²) in [4.78, 5) is 24.1. The Labute approximate surface area is 166 Å². The highest BCUT2D eigenvalue weighted by molar-refractivity contribution is 6.11. The molecule has 4 rings (SSSR count). The fourth-order valence-corrected chi connectivity index (χ4v) is 3.80. The molecule has 1 aromatic heterocycles. The first-order chi connectivity index (χ1) is 13.4. The molecule has 7 nitrogen and oxygen atoms in total. The summed E-state index contributed by atoms with van der Waals surface area (Å²) in [6.45, 7) is 10.7. The van der Waals surface area contributed by atoms with Gasteiger partial charge in [0.05, 0.1) is 11.4 Å². The minimum absolute atomic E-state index is 0.193. The van der Waals surface area contributed by atoms with Gasteiger partial charge in [0, 0.05) is 31.4 Å². The van der Waals surface area contributed by atoms with Gasteiger partial charge in [-0.15, -0.1) is 0 Å². The summed E-state index contributed by atoms with van der Waals surface area (Å²) in [7, 11) is 0. The summed E-state index contributed by atoms with van der Waals surface area (Å²) in [6.07, 6.45) is 3.73. The van der Waals surface area contributed by atoms with Gasteiger partial charge in [0.15, 0.2) is 0 Å². The van der Waals surface area contributed by atoms with Gasteiger partial charge in [0.1, 0.15) is 11.4 Å². The van der Waals surface area contributed by atoms with E-state index in [0.29, 0.717) is 29.4 Å². The lowest BCUT2D eigenvalue weighted by Gasteiger charge is -2.34. The van der Waals surface area contributed by atoms with E-state index in [1.54, 1.807) is 6.20 Å². The smallest absolute Gasteiger partial charge is 0.261 e. The highest BCUT2D eigenvalue weighted by atomic mass is 16.1. The number of carbonyl (C=O) groups excluding carboxylic acids is 1. The second-order valence-corrected chi connectivity index (χ2v) is 8.07. The van der Waals surface area contributed by atoms with Crippen molar-refractivity contribution in [3.05, 3.63) is 35.0 Å². The zero-order valence-corrected chi connectivity index (χ0v) is 17.0. The zero-order chi connectivity index (χ0) is 19.8. The quantitative estimate of drug-likeness (QED) is 0.753. The highest BCUT2D eigenvalue weighted by Gasteiger charge is 2.24. The summed E-state index contributed by atoms with van der Waals surface area (Å²) >= 11 is 0. The number of amides is 1. The van der Waals surface area contributed by atoms with Gasteiger partial charge in [-0.25, -0.2) is 4.98 Å². The summed E-state index contributed by atoms with van der Waals surface area (Å²) in [5.41, 5.74) is 4.36. The number of aryl methyl sites for hydroxylation is 2. The second kappa shape index (κ2) is 7.39. The largest absolute Gasteiger partial charge is 0.351 e. The molecular weight excluding hydrogens is 352 g/mol. The Morgan fingerprint density at radius 3 is 2.39 bits per heavy atom. The maximum atomic E-state index is 12.6. The number of hydrogen-bond acceptors (Lipinski definition) is 6. The maximum Gasteiger partial charge on any atom is 0.261 e. The SMILES string of the molecule is Cc1cc2c(cc1C)Nc1nc(NC3CCN(C(C)C)CC3)ncc1C(=O)N2. The number of nitrogens with one attached hydrogen (secondary N) is 3. The fourth-order valence-electron chi connectivity index (χ4n) is 3.80. The monoisotopic (exact) mass is 380 g/mol. The molecule has 28 heavy (non-hydrogen) atoms. The van der Waals surface area contributed by atoms with E-state index in [9.17, 15) is 4.79 Å². The summed E-state index contributed by atoms with van der Waals surface area (Å²) in [5.74, 6) is 0.909. The van der Waals surface area contributed by atoms with Crippen molar-refractivity contribution in [1.29, 1.82) is 0 Å². The van der Waals surface area contributed by atoms with E-state index in [4.69, 9.17) is 0 Å². The van der Waals surface area contributed by atoms with Gasteiger partial charge in [-0.2, -0.15) is 4.98 Å². The van der Waals surface area contributed by atoms with Crippen LogP contribution in [0.5, 0.6) is 0 Å². The normalized spacial score (nSPS) is 17.4. The van der Waals surface area contributed by atoms with Crippen molar-refractivity contribution in [2.45, 2.75) is 52.6 Å². The molecule has 148 valence electrons. The number of hydrogen-bond donors (Lipinski definition) is 3. The van der Waals surface area contributed by atoms with Gasteiger partial charge in [0.25, 0.3) is 5.91 Å². The summed E-state index contributed by atoms with van der Waals surface area (Å²) in [6, 6.07) is 4.96. The Morgan fingerprint density at radius 2 is 1.75 bits per heavy atom. The molecule has 7 heteroatoms. The van der Waals surface area contributed by atoms with Crippen LogP contribution < -0.4 is 16.0 Å². The van der Waals surface area contributed by atoms with E-state index in [1.807, 2.05) is 19.1 Å². The lowest BCUT2D eigenvalue weighted by Crippen LogP contribution is -2.42. The number of fused-ring (bicyclic) bond motifs is 2. The number of piperidine rings is 1. The molecule has 0 unspecified atom stereocenters. The summed E-state index contributed by atoms with van der Waals surface area (Å²) in [5, 5.41) is 9.72. The van der Waals surface area contributed by atoms with Gasteiger partial charge in [0.2, 0.25) is 5.95 Å². The second-order valence-electron chi connectivity index (χ2n) is 8.07. The van der Waals surface area contributed by atoms with E-state index >= 15 is 0 Å². The Hall–Kier alpha value is -2.67. The summed E-state index contributed by atoms with van der Waals surface area (Å²) < 4.78 is 0. The average molecular weight is 380 g/mol. The minimum Gasteiger partial charge on any atom is -0.351 e. The van der Waals surface area contributed by atoms with E-state index in [2.05, 4.69) is 51.6 Å². The molecule has 0 aliphatic carbocycles. The van der Waals surface area contributed by atoms with Crippen molar-refractivity contribution < 1.29 is 4.79 Å². The maximum absolute atomic E-state index is 12.6. The van der Waals surface area contributed by atoms with Crippen LogP contribution in [0.1, 0.15) is 48.2 Å². The number of aromatic nitrogens is 2. The predicted octanol–water partition coefficient (Wildman–Crippen LogP) is 3.69. The molecule has 2 aliphatic rings. The molecule has 1 fully saturated rings. The van der Waals surface area contributed by atoms with Crippen LogP contribution in [-0.4, -0.2) is 45.9 Å². The van der Waals surface area contributed by atoms with Crippen molar-refractivity contribution in [3.63, 3.8) is 0 Å². The van der Waals surface area contributed by atoms with Crippen molar-refractivity contribution in [2.75, 3.05) is 29.0 Å². The molecule has 0 bridgehead atoms. The fraction of sp³-hybridized carbons (Fsp3) is 0.476. The van der Waals surface area contributed by atoms with Gasteiger partial charge >= 0.3 is 0 Å². The van der Waals surface area contributed by atoms with E-state index in [0.717, 1.165) is 48.4 Å². The molecular formula is C21H28N6O. The highest BCUT2D eigenvalue weighted by Crippen LogP contribution is 2.33. The third-order valence-corrected chi connectivity index (χ3v) is 5.76. The van der Waals surface area contributed by atoms with Crippen LogP contribution in [0.4, 0.5) is 23.1 Å². The zero-order valence-electron chi connectivity index (χ0n) is 17.0. The van der Waals surface area contributed by atoms with Crippen LogP contribution >= 0.6 is 0 Å². The van der Waals surface area contributed by atoms with Crippen LogP contribution in [0, 0.1) is 13.8 Å². The Bertz CT molecular complexity index is 902. The number of benzene rings is 1. The number of nitrogens with zero attached hydrogens (tertiary/aromatic N) is 3. The topological polar surface area (TPSA) is 82.2 Å². The van der Waals surface area contributed by atoms with Crippen molar-refractivity contribution in [2.24, 2.45) is 0 Å². The lowest BCUT2D eigenvalue weighted by molar-refractivity contribution is 0.102. The van der Waals surface area contributed by atoms with Crippen LogP contribution in [-0.2, 0) is 0 Å². The van der Waals surface area contributed by atoms with Crippen molar-refractivity contribution in [1.82, 2.24) is 14.9 Å². The molecule has 0 atom stereocenters. The lowest BCUT2D eigenvalue weighted by atomic mass is 10.0. The Balaban J connectivity index is 1.54. The number of likely N-dealkylation sites (tertiary alicyclic amines) is 1. The van der Waals surface area contributed by atoms with E-state index in [1.165, 1.54) is 0 Å². The predicted molar refractivity (Wildman–Crippen MR) is 113 cm³/mol. The molecule has 0 radical (unpaired) electrons. The van der Waals surface area contributed by atoms with Crippen LogP contribution in [0.2, 0.25) is 0 Å². The van der Waals surface area contributed by atoms with Crippen LogP contribution in [0.3, 0.4) is 0 Å². The van der Waals surface area contributed by atoms with Crippen LogP contribution in [0.25, 0.3) is 0 Å². The van der Waals surface area contributed by atoms with E-state index < -0.39 is 0 Å². The molecule has 1 aromatic carbocycles. The van der Waals surface area contributed by atoms with Crippen molar-refractivity contribution >= 4 is 29.0 Å². The van der Waals surface area contributed by atoms with Gasteiger partial charge < -0.3 is 20.9 Å². The van der Waals surface area contributed by atoms with Crippen molar-refractivity contribution in [3.8, 4) is 0 Å². The number of rotatable bonds is 3.